The first kappa shape index (κ1) is 14.4. The Morgan fingerprint density at radius 1 is 1.25 bits per heavy atom. The molecule has 2 aromatic rings. The summed E-state index contributed by atoms with van der Waals surface area (Å²) in [7, 11) is 0. The molecule has 1 atom stereocenters. The summed E-state index contributed by atoms with van der Waals surface area (Å²) in [6.45, 7) is 0. The van der Waals surface area contributed by atoms with E-state index in [0.717, 1.165) is 4.31 Å². The summed E-state index contributed by atoms with van der Waals surface area (Å²) in [5, 5.41) is 8.90. The molecule has 0 bridgehead atoms. The highest BCUT2D eigenvalue weighted by Crippen LogP contribution is 2.31. The van der Waals surface area contributed by atoms with Gasteiger partial charge < -0.3 is 5.11 Å². The molecule has 8 heteroatoms. The second-order valence-corrected chi connectivity index (χ2v) is 4.88. The molecule has 1 aromatic heterocycles. The number of carbonyl (C=O) groups is 1. The third kappa shape index (κ3) is 2.96. The minimum absolute atomic E-state index is 0.0669. The van der Waals surface area contributed by atoms with Crippen LogP contribution in [0.1, 0.15) is 10.4 Å². The highest BCUT2D eigenvalue weighted by molar-refractivity contribution is 7.81. The van der Waals surface area contributed by atoms with Gasteiger partial charge >= 0.3 is 5.97 Å². The summed E-state index contributed by atoms with van der Waals surface area (Å²) >= 11 is 3.53. The van der Waals surface area contributed by atoms with Gasteiger partial charge in [-0.05, 0) is 36.4 Å². The van der Waals surface area contributed by atoms with Crippen LogP contribution in [0.4, 0.5) is 11.4 Å². The van der Waals surface area contributed by atoms with Crippen LogP contribution in [0.3, 0.4) is 0 Å². The first-order valence-corrected chi connectivity index (χ1v) is 6.80. The standard InChI is InChI=1S/C12H9ClN2O4S/c13-11-10(2-1-7-14-11)15(20(18)19)9-5-3-8(4-6-9)12(16)17/h1-7H,(H,16,17)(H,18,19). The van der Waals surface area contributed by atoms with Crippen LogP contribution in [0.15, 0.2) is 42.6 Å². The Balaban J connectivity index is 2.47. The Bertz CT molecular complexity index is 663. The van der Waals surface area contributed by atoms with E-state index in [4.69, 9.17) is 16.7 Å². The SMILES string of the molecule is O=C(O)c1ccc(N(c2cccnc2Cl)S(=O)O)cc1. The van der Waals surface area contributed by atoms with Crippen LogP contribution >= 0.6 is 11.6 Å². The monoisotopic (exact) mass is 312 g/mol. The summed E-state index contributed by atoms with van der Waals surface area (Å²) in [6, 6.07) is 8.62. The van der Waals surface area contributed by atoms with Crippen LogP contribution in [-0.4, -0.2) is 24.8 Å². The van der Waals surface area contributed by atoms with Crippen molar-refractivity contribution in [3.63, 3.8) is 0 Å². The summed E-state index contributed by atoms with van der Waals surface area (Å²) in [4.78, 5) is 14.6. The van der Waals surface area contributed by atoms with E-state index in [-0.39, 0.29) is 16.4 Å². The maximum absolute atomic E-state index is 11.5. The predicted molar refractivity (Wildman–Crippen MR) is 75.6 cm³/mol. The molecule has 6 nitrogen and oxygen atoms in total. The number of carboxylic acid groups (broad SMARTS) is 1. The highest BCUT2D eigenvalue weighted by Gasteiger charge is 2.18. The van der Waals surface area contributed by atoms with Gasteiger partial charge in [0.1, 0.15) is 0 Å². The zero-order valence-electron chi connectivity index (χ0n) is 9.93. The predicted octanol–water partition coefficient (Wildman–Crippen LogP) is 2.71. The number of anilines is 2. The van der Waals surface area contributed by atoms with Gasteiger partial charge in [0, 0.05) is 6.20 Å². The lowest BCUT2D eigenvalue weighted by Crippen LogP contribution is -2.19. The molecule has 0 spiro atoms. The largest absolute Gasteiger partial charge is 0.478 e. The van der Waals surface area contributed by atoms with Gasteiger partial charge in [0.25, 0.3) is 11.3 Å². The number of nitrogens with zero attached hydrogens (tertiary/aromatic N) is 2. The lowest BCUT2D eigenvalue weighted by atomic mass is 10.2. The maximum atomic E-state index is 11.5. The molecule has 0 radical (unpaired) electrons. The van der Waals surface area contributed by atoms with E-state index >= 15 is 0 Å². The number of benzene rings is 1. The normalized spacial score (nSPS) is 11.9. The van der Waals surface area contributed by atoms with Gasteiger partial charge in [-0.25, -0.2) is 18.3 Å². The minimum atomic E-state index is -2.37. The molecule has 0 aliphatic carbocycles. The number of halogens is 1. The molecule has 2 N–H and O–H groups in total. The quantitative estimate of drug-likeness (QED) is 0.669. The van der Waals surface area contributed by atoms with Crippen molar-refractivity contribution in [2.24, 2.45) is 0 Å². The first-order valence-electron chi connectivity index (χ1n) is 5.35. The molecule has 2 rings (SSSR count). The second kappa shape index (κ2) is 6.00. The molecule has 1 aromatic carbocycles. The number of hydrogen-bond acceptors (Lipinski definition) is 3. The molecule has 0 saturated carbocycles. The third-order valence-electron chi connectivity index (χ3n) is 2.46. The van der Waals surface area contributed by atoms with Crippen LogP contribution in [-0.2, 0) is 11.3 Å². The van der Waals surface area contributed by atoms with Gasteiger partial charge in [0.15, 0.2) is 5.15 Å². The summed E-state index contributed by atoms with van der Waals surface area (Å²) in [6.07, 6.45) is 1.46. The van der Waals surface area contributed by atoms with E-state index in [1.165, 1.54) is 36.5 Å². The molecule has 1 unspecified atom stereocenters. The Kier molecular flexibility index (Phi) is 4.33. The van der Waals surface area contributed by atoms with E-state index in [9.17, 15) is 13.6 Å². The van der Waals surface area contributed by atoms with Crippen LogP contribution in [0.5, 0.6) is 0 Å². The number of rotatable bonds is 4. The van der Waals surface area contributed by atoms with E-state index in [1.807, 2.05) is 0 Å². The molecule has 0 aliphatic rings. The fourth-order valence-electron chi connectivity index (χ4n) is 1.58. The molecule has 0 fully saturated rings. The average molecular weight is 313 g/mol. The van der Waals surface area contributed by atoms with Crippen molar-refractivity contribution in [1.29, 1.82) is 0 Å². The lowest BCUT2D eigenvalue weighted by molar-refractivity contribution is 0.0697. The minimum Gasteiger partial charge on any atom is -0.478 e. The molecular weight excluding hydrogens is 304 g/mol. The molecule has 1 heterocycles. The van der Waals surface area contributed by atoms with Gasteiger partial charge in [-0.2, -0.15) is 0 Å². The molecule has 0 amide bonds. The van der Waals surface area contributed by atoms with Crippen molar-refractivity contribution in [2.45, 2.75) is 0 Å². The fraction of sp³-hybridized carbons (Fsp3) is 0. The van der Waals surface area contributed by atoms with E-state index in [0.29, 0.717) is 5.69 Å². The number of carboxylic acids is 1. The lowest BCUT2D eigenvalue weighted by Gasteiger charge is -2.20. The van der Waals surface area contributed by atoms with Gasteiger partial charge in [0.2, 0.25) is 0 Å². The van der Waals surface area contributed by atoms with Crippen LogP contribution < -0.4 is 4.31 Å². The Morgan fingerprint density at radius 3 is 2.40 bits per heavy atom. The van der Waals surface area contributed by atoms with Crippen LogP contribution in [0.25, 0.3) is 0 Å². The zero-order valence-corrected chi connectivity index (χ0v) is 11.5. The van der Waals surface area contributed by atoms with Gasteiger partial charge in [-0.3, -0.25) is 4.55 Å². The highest BCUT2D eigenvalue weighted by atomic mass is 35.5. The average Bonchev–Trinajstić information content (AvgIpc) is 2.41. The third-order valence-corrected chi connectivity index (χ3v) is 3.47. The molecule has 20 heavy (non-hydrogen) atoms. The molecule has 104 valence electrons. The van der Waals surface area contributed by atoms with Crippen molar-refractivity contribution >= 4 is 40.2 Å². The van der Waals surface area contributed by atoms with Crippen molar-refractivity contribution < 1.29 is 18.7 Å². The number of pyridine rings is 1. The maximum Gasteiger partial charge on any atom is 0.335 e. The number of aromatic carboxylic acids is 1. The van der Waals surface area contributed by atoms with Gasteiger partial charge in [-0.15, -0.1) is 0 Å². The van der Waals surface area contributed by atoms with E-state index < -0.39 is 17.2 Å². The summed E-state index contributed by atoms with van der Waals surface area (Å²) < 4.78 is 22.0. The topological polar surface area (TPSA) is 90.7 Å². The number of hydrogen-bond donors (Lipinski definition) is 2. The first-order chi connectivity index (χ1) is 9.50. The Morgan fingerprint density at radius 2 is 1.90 bits per heavy atom. The Labute approximate surface area is 122 Å². The fourth-order valence-corrected chi connectivity index (χ4v) is 2.45. The summed E-state index contributed by atoms with van der Waals surface area (Å²) in [5.41, 5.74) is 0.651. The van der Waals surface area contributed by atoms with Crippen molar-refractivity contribution in [3.8, 4) is 0 Å². The smallest absolute Gasteiger partial charge is 0.335 e. The van der Waals surface area contributed by atoms with E-state index in [2.05, 4.69) is 4.98 Å². The molecule has 0 aliphatic heterocycles. The van der Waals surface area contributed by atoms with Crippen LogP contribution in [0, 0.1) is 0 Å². The van der Waals surface area contributed by atoms with Gasteiger partial charge in [-0.1, -0.05) is 11.6 Å². The van der Waals surface area contributed by atoms with Crippen molar-refractivity contribution in [2.75, 3.05) is 4.31 Å². The Hall–Kier alpha value is -1.96. The van der Waals surface area contributed by atoms with E-state index in [1.54, 1.807) is 6.07 Å². The molecule has 0 saturated heterocycles. The summed E-state index contributed by atoms with van der Waals surface area (Å²) in [5.74, 6) is -1.08. The van der Waals surface area contributed by atoms with Gasteiger partial charge in [0.05, 0.1) is 16.9 Å². The molecular formula is C12H9ClN2O4S. The second-order valence-electron chi connectivity index (χ2n) is 3.69. The van der Waals surface area contributed by atoms with Crippen molar-refractivity contribution in [3.05, 3.63) is 53.3 Å². The van der Waals surface area contributed by atoms with Crippen molar-refractivity contribution in [1.82, 2.24) is 4.98 Å². The zero-order chi connectivity index (χ0) is 14.7. The number of aromatic nitrogens is 1. The van der Waals surface area contributed by atoms with Crippen LogP contribution in [0.2, 0.25) is 5.15 Å².